The van der Waals surface area contributed by atoms with E-state index in [0.29, 0.717) is 5.69 Å². The molecule has 20 heavy (non-hydrogen) atoms. The third-order valence-corrected chi connectivity index (χ3v) is 4.06. The molecule has 0 aliphatic heterocycles. The summed E-state index contributed by atoms with van der Waals surface area (Å²) in [4.78, 5) is 18.6. The maximum Gasteiger partial charge on any atom is 0.272 e. The first-order chi connectivity index (χ1) is 9.63. The number of amides is 1. The van der Waals surface area contributed by atoms with E-state index in [1.165, 1.54) is 4.88 Å². The zero-order valence-corrected chi connectivity index (χ0v) is 12.1. The molecule has 0 aliphatic carbocycles. The summed E-state index contributed by atoms with van der Waals surface area (Å²) >= 11 is 1.58. The van der Waals surface area contributed by atoms with E-state index in [9.17, 15) is 4.79 Å². The van der Waals surface area contributed by atoms with Gasteiger partial charge in [-0.05, 0) is 19.4 Å². The molecule has 0 saturated heterocycles. The van der Waals surface area contributed by atoms with Gasteiger partial charge in [0.2, 0.25) is 0 Å². The average Bonchev–Trinajstić information content (AvgIpc) is 2.96. The van der Waals surface area contributed by atoms with Crippen molar-refractivity contribution in [2.24, 2.45) is 0 Å². The maximum atomic E-state index is 12.2. The summed E-state index contributed by atoms with van der Waals surface area (Å²) in [6, 6.07) is 9.86. The van der Waals surface area contributed by atoms with Gasteiger partial charge >= 0.3 is 0 Å². The molecule has 2 heterocycles. The maximum absolute atomic E-state index is 12.2. The number of imidazole rings is 1. The number of aryl methyl sites for hydroxylation is 1. The Balaban J connectivity index is 1.77. The van der Waals surface area contributed by atoms with E-state index in [1.54, 1.807) is 17.5 Å². The van der Waals surface area contributed by atoms with E-state index in [2.05, 4.69) is 10.3 Å². The van der Waals surface area contributed by atoms with Crippen LogP contribution in [0, 0.1) is 6.92 Å². The van der Waals surface area contributed by atoms with Crippen molar-refractivity contribution in [3.8, 4) is 0 Å². The molecule has 5 heteroatoms. The van der Waals surface area contributed by atoms with Gasteiger partial charge in [0.15, 0.2) is 4.96 Å². The average molecular weight is 285 g/mol. The molecule has 0 bridgehead atoms. The number of hydrogen-bond acceptors (Lipinski definition) is 3. The first-order valence-corrected chi connectivity index (χ1v) is 7.26. The van der Waals surface area contributed by atoms with Gasteiger partial charge in [-0.15, -0.1) is 11.3 Å². The van der Waals surface area contributed by atoms with Gasteiger partial charge in [-0.25, -0.2) is 4.98 Å². The Morgan fingerprint density at radius 3 is 2.75 bits per heavy atom. The zero-order valence-electron chi connectivity index (χ0n) is 11.3. The molecule has 1 unspecified atom stereocenters. The van der Waals surface area contributed by atoms with E-state index in [-0.39, 0.29) is 11.9 Å². The predicted molar refractivity (Wildman–Crippen MR) is 80.1 cm³/mol. The zero-order chi connectivity index (χ0) is 14.1. The van der Waals surface area contributed by atoms with Gasteiger partial charge in [0.1, 0.15) is 5.69 Å². The van der Waals surface area contributed by atoms with Crippen molar-refractivity contribution >= 4 is 22.2 Å². The molecule has 2 aromatic heterocycles. The number of carbonyl (C=O) groups excluding carboxylic acids is 1. The Morgan fingerprint density at radius 1 is 1.30 bits per heavy atom. The Morgan fingerprint density at radius 2 is 2.05 bits per heavy atom. The number of hydrogen-bond donors (Lipinski definition) is 1. The lowest BCUT2D eigenvalue weighted by molar-refractivity contribution is 0.0935. The highest BCUT2D eigenvalue weighted by Gasteiger charge is 2.15. The van der Waals surface area contributed by atoms with E-state index in [0.717, 1.165) is 10.5 Å². The van der Waals surface area contributed by atoms with E-state index >= 15 is 0 Å². The van der Waals surface area contributed by atoms with Crippen LogP contribution in [0.3, 0.4) is 0 Å². The van der Waals surface area contributed by atoms with E-state index < -0.39 is 0 Å². The predicted octanol–water partition coefficient (Wildman–Crippen LogP) is 3.20. The standard InChI is InChI=1S/C15H15N3OS/c1-10-8-18-9-13(17-15(18)20-10)14(19)16-11(2)12-6-4-3-5-7-12/h3-9,11H,1-2H3,(H,16,19). The molecular formula is C15H15N3OS. The van der Waals surface area contributed by atoms with Crippen LogP contribution in [0.25, 0.3) is 4.96 Å². The molecule has 0 spiro atoms. The number of aromatic nitrogens is 2. The van der Waals surface area contributed by atoms with Crippen molar-refractivity contribution in [2.75, 3.05) is 0 Å². The third-order valence-electron chi connectivity index (χ3n) is 3.15. The normalized spacial score (nSPS) is 12.5. The fourth-order valence-electron chi connectivity index (χ4n) is 2.12. The minimum Gasteiger partial charge on any atom is -0.344 e. The van der Waals surface area contributed by atoms with Crippen LogP contribution in [-0.2, 0) is 0 Å². The molecule has 3 aromatic rings. The summed E-state index contributed by atoms with van der Waals surface area (Å²) in [5.41, 5.74) is 1.54. The number of benzene rings is 1. The molecule has 0 saturated carbocycles. The molecule has 0 radical (unpaired) electrons. The van der Waals surface area contributed by atoms with Gasteiger partial charge in [0.05, 0.1) is 6.04 Å². The lowest BCUT2D eigenvalue weighted by Gasteiger charge is -2.12. The molecule has 3 rings (SSSR count). The fraction of sp³-hybridized carbons (Fsp3) is 0.200. The van der Waals surface area contributed by atoms with Crippen LogP contribution in [0.2, 0.25) is 0 Å². The van der Waals surface area contributed by atoms with Gasteiger partial charge in [0.25, 0.3) is 5.91 Å². The monoisotopic (exact) mass is 285 g/mol. The number of nitrogens with zero attached hydrogens (tertiary/aromatic N) is 2. The summed E-state index contributed by atoms with van der Waals surface area (Å²) < 4.78 is 1.89. The number of thiazole rings is 1. The van der Waals surface area contributed by atoms with E-state index in [4.69, 9.17) is 0 Å². The van der Waals surface area contributed by atoms with Gasteiger partial charge in [-0.1, -0.05) is 30.3 Å². The number of fused-ring (bicyclic) bond motifs is 1. The summed E-state index contributed by atoms with van der Waals surface area (Å²) in [5.74, 6) is -0.144. The summed E-state index contributed by atoms with van der Waals surface area (Å²) in [7, 11) is 0. The number of rotatable bonds is 3. The van der Waals surface area contributed by atoms with Gasteiger partial charge in [-0.3, -0.25) is 9.20 Å². The second kappa shape index (κ2) is 5.09. The lowest BCUT2D eigenvalue weighted by atomic mass is 10.1. The van der Waals surface area contributed by atoms with Crippen molar-refractivity contribution in [1.29, 1.82) is 0 Å². The van der Waals surface area contributed by atoms with Crippen molar-refractivity contribution in [3.05, 3.63) is 58.9 Å². The molecule has 1 aromatic carbocycles. The Bertz CT molecular complexity index is 713. The summed E-state index contributed by atoms with van der Waals surface area (Å²) in [6.45, 7) is 3.99. The van der Waals surface area contributed by atoms with Crippen LogP contribution >= 0.6 is 11.3 Å². The molecule has 1 N–H and O–H groups in total. The second-order valence-electron chi connectivity index (χ2n) is 4.76. The smallest absolute Gasteiger partial charge is 0.272 e. The molecule has 102 valence electrons. The van der Waals surface area contributed by atoms with Crippen molar-refractivity contribution in [1.82, 2.24) is 14.7 Å². The molecule has 0 aliphatic rings. The first-order valence-electron chi connectivity index (χ1n) is 6.44. The highest BCUT2D eigenvalue weighted by molar-refractivity contribution is 7.17. The molecule has 1 atom stereocenters. The second-order valence-corrected chi connectivity index (χ2v) is 5.98. The number of carbonyl (C=O) groups is 1. The van der Waals surface area contributed by atoms with Crippen LogP contribution in [0.15, 0.2) is 42.7 Å². The van der Waals surface area contributed by atoms with Crippen LogP contribution in [0.4, 0.5) is 0 Å². The van der Waals surface area contributed by atoms with Crippen LogP contribution in [0.1, 0.15) is 33.9 Å². The summed E-state index contributed by atoms with van der Waals surface area (Å²) in [5, 5.41) is 2.97. The SMILES string of the molecule is Cc1cn2cc(C(=O)NC(C)c3ccccc3)nc2s1. The third kappa shape index (κ3) is 2.44. The topological polar surface area (TPSA) is 46.4 Å². The first kappa shape index (κ1) is 12.9. The fourth-order valence-corrected chi connectivity index (χ4v) is 2.92. The quantitative estimate of drug-likeness (QED) is 0.803. The summed E-state index contributed by atoms with van der Waals surface area (Å²) in [6.07, 6.45) is 3.75. The Labute approximate surface area is 121 Å². The molecule has 1 amide bonds. The highest BCUT2D eigenvalue weighted by atomic mass is 32.1. The minimum absolute atomic E-state index is 0.0369. The van der Waals surface area contributed by atoms with Gasteiger partial charge < -0.3 is 5.32 Å². The highest BCUT2D eigenvalue weighted by Crippen LogP contribution is 2.17. The van der Waals surface area contributed by atoms with E-state index in [1.807, 2.05) is 54.8 Å². The van der Waals surface area contributed by atoms with Crippen molar-refractivity contribution < 1.29 is 4.79 Å². The largest absolute Gasteiger partial charge is 0.344 e. The van der Waals surface area contributed by atoms with Crippen LogP contribution in [-0.4, -0.2) is 15.3 Å². The number of nitrogens with one attached hydrogen (secondary N) is 1. The molecule has 4 nitrogen and oxygen atoms in total. The lowest BCUT2D eigenvalue weighted by Crippen LogP contribution is -2.26. The van der Waals surface area contributed by atoms with Gasteiger partial charge in [-0.2, -0.15) is 0 Å². The van der Waals surface area contributed by atoms with Crippen LogP contribution < -0.4 is 5.32 Å². The molecule has 0 fully saturated rings. The Kier molecular flexibility index (Phi) is 3.28. The molecular weight excluding hydrogens is 270 g/mol. The van der Waals surface area contributed by atoms with Crippen molar-refractivity contribution in [3.63, 3.8) is 0 Å². The van der Waals surface area contributed by atoms with Crippen molar-refractivity contribution in [2.45, 2.75) is 19.9 Å². The van der Waals surface area contributed by atoms with Gasteiger partial charge in [0, 0.05) is 17.3 Å². The van der Waals surface area contributed by atoms with Crippen LogP contribution in [0.5, 0.6) is 0 Å². The Hall–Kier alpha value is -2.14. The minimum atomic E-state index is -0.144.